The highest BCUT2D eigenvalue weighted by atomic mass is 15.3. The second kappa shape index (κ2) is 6.41. The van der Waals surface area contributed by atoms with Gasteiger partial charge in [0, 0.05) is 43.3 Å². The maximum absolute atomic E-state index is 4.85. The smallest absolute Gasteiger partial charge is 0.114 e. The van der Waals surface area contributed by atoms with Crippen LogP contribution >= 0.6 is 0 Å². The fourth-order valence-corrected chi connectivity index (χ4v) is 3.44. The second-order valence-corrected chi connectivity index (χ2v) is 6.83. The number of hydrogen-bond acceptors (Lipinski definition) is 4. The predicted octanol–water partition coefficient (Wildman–Crippen LogP) is 3.28. The maximum atomic E-state index is 4.85. The summed E-state index contributed by atoms with van der Waals surface area (Å²) in [4.78, 5) is 11.4. The van der Waals surface area contributed by atoms with Gasteiger partial charge in [-0.25, -0.2) is 0 Å². The first-order valence-corrected chi connectivity index (χ1v) is 8.74. The van der Waals surface area contributed by atoms with Crippen LogP contribution in [0.4, 0.5) is 0 Å². The molecule has 0 unspecified atom stereocenters. The van der Waals surface area contributed by atoms with E-state index in [9.17, 15) is 0 Å². The van der Waals surface area contributed by atoms with Crippen LogP contribution in [-0.2, 0) is 19.6 Å². The lowest BCUT2D eigenvalue weighted by molar-refractivity contribution is 0.204. The van der Waals surface area contributed by atoms with Crippen molar-refractivity contribution in [3.8, 4) is 11.4 Å². The van der Waals surface area contributed by atoms with E-state index in [0.29, 0.717) is 0 Å². The number of aromatic nitrogens is 4. The van der Waals surface area contributed by atoms with Crippen molar-refractivity contribution in [1.82, 2.24) is 24.6 Å². The molecule has 3 aromatic heterocycles. The van der Waals surface area contributed by atoms with Crippen LogP contribution in [0.5, 0.6) is 0 Å². The van der Waals surface area contributed by atoms with Crippen molar-refractivity contribution >= 4 is 0 Å². The number of fused-ring (bicyclic) bond motifs is 1. The van der Waals surface area contributed by atoms with Gasteiger partial charge < -0.3 is 0 Å². The summed E-state index contributed by atoms with van der Waals surface area (Å²) in [6.45, 7) is 10.0. The molecule has 0 N–H and O–H groups in total. The standard InChI is InChI=1S/C20H23N5/c1-14-5-4-8-21-19(14)20-16(3)18-13-24(9-10-25(18)23-20)12-17-7-6-15(2)22-11-17/h4-8,11H,9-10,12-13H2,1-3H3. The molecule has 0 radical (unpaired) electrons. The fourth-order valence-electron chi connectivity index (χ4n) is 3.44. The molecule has 25 heavy (non-hydrogen) atoms. The Balaban J connectivity index is 1.59. The molecule has 0 bridgehead atoms. The molecule has 0 fully saturated rings. The van der Waals surface area contributed by atoms with Crippen LogP contribution in [0.2, 0.25) is 0 Å². The third-order valence-corrected chi connectivity index (χ3v) is 4.93. The Kier molecular flexibility index (Phi) is 4.09. The summed E-state index contributed by atoms with van der Waals surface area (Å²) in [5, 5.41) is 4.85. The Morgan fingerprint density at radius 3 is 2.64 bits per heavy atom. The van der Waals surface area contributed by atoms with Crippen LogP contribution in [0.25, 0.3) is 11.4 Å². The molecular formula is C20H23N5. The van der Waals surface area contributed by atoms with Gasteiger partial charge in [0.1, 0.15) is 5.69 Å². The van der Waals surface area contributed by atoms with Crippen molar-refractivity contribution < 1.29 is 0 Å². The van der Waals surface area contributed by atoms with Gasteiger partial charge in [-0.15, -0.1) is 0 Å². The van der Waals surface area contributed by atoms with E-state index < -0.39 is 0 Å². The van der Waals surface area contributed by atoms with Gasteiger partial charge in [0.05, 0.1) is 17.9 Å². The lowest BCUT2D eigenvalue weighted by atomic mass is 10.1. The Morgan fingerprint density at radius 1 is 1.00 bits per heavy atom. The van der Waals surface area contributed by atoms with Crippen LogP contribution in [0.15, 0.2) is 36.7 Å². The average molecular weight is 333 g/mol. The molecule has 0 aromatic carbocycles. The zero-order valence-corrected chi connectivity index (χ0v) is 15.0. The van der Waals surface area contributed by atoms with Crippen LogP contribution in [0, 0.1) is 20.8 Å². The van der Waals surface area contributed by atoms with Crippen molar-refractivity contribution in [2.24, 2.45) is 0 Å². The lowest BCUT2D eigenvalue weighted by Gasteiger charge is -2.28. The van der Waals surface area contributed by atoms with Gasteiger partial charge in [-0.05, 0) is 44.0 Å². The molecule has 1 aliphatic heterocycles. The lowest BCUT2D eigenvalue weighted by Crippen LogP contribution is -2.33. The molecular weight excluding hydrogens is 310 g/mol. The summed E-state index contributed by atoms with van der Waals surface area (Å²) in [6, 6.07) is 8.32. The van der Waals surface area contributed by atoms with Gasteiger partial charge in [0.25, 0.3) is 0 Å². The Labute approximate surface area is 148 Å². The first kappa shape index (κ1) is 16.0. The molecule has 128 valence electrons. The zero-order chi connectivity index (χ0) is 17.4. The van der Waals surface area contributed by atoms with Crippen LogP contribution in [-0.4, -0.2) is 31.2 Å². The quantitative estimate of drug-likeness (QED) is 0.738. The molecule has 0 spiro atoms. The number of hydrogen-bond donors (Lipinski definition) is 0. The molecule has 0 saturated carbocycles. The minimum absolute atomic E-state index is 0.915. The van der Waals surface area contributed by atoms with Crippen molar-refractivity contribution in [1.29, 1.82) is 0 Å². The van der Waals surface area contributed by atoms with Gasteiger partial charge in [-0.1, -0.05) is 12.1 Å². The second-order valence-electron chi connectivity index (χ2n) is 6.83. The van der Waals surface area contributed by atoms with E-state index in [2.05, 4.69) is 51.6 Å². The third kappa shape index (κ3) is 3.07. The summed E-state index contributed by atoms with van der Waals surface area (Å²) in [7, 11) is 0. The van der Waals surface area contributed by atoms with E-state index >= 15 is 0 Å². The molecule has 3 aromatic rings. The van der Waals surface area contributed by atoms with E-state index in [0.717, 1.165) is 43.3 Å². The number of pyridine rings is 2. The summed E-state index contributed by atoms with van der Waals surface area (Å²) in [5.41, 5.74) is 8.05. The largest absolute Gasteiger partial charge is 0.291 e. The van der Waals surface area contributed by atoms with Crippen molar-refractivity contribution in [2.75, 3.05) is 6.54 Å². The zero-order valence-electron chi connectivity index (χ0n) is 15.0. The first-order chi connectivity index (χ1) is 12.1. The predicted molar refractivity (Wildman–Crippen MR) is 98.0 cm³/mol. The minimum Gasteiger partial charge on any atom is -0.291 e. The van der Waals surface area contributed by atoms with Gasteiger partial charge >= 0.3 is 0 Å². The molecule has 0 aliphatic carbocycles. The Bertz CT molecular complexity index is 895. The molecule has 1 aliphatic rings. The molecule has 4 heterocycles. The van der Waals surface area contributed by atoms with E-state index in [-0.39, 0.29) is 0 Å². The van der Waals surface area contributed by atoms with Gasteiger partial charge in [-0.2, -0.15) is 5.10 Å². The van der Waals surface area contributed by atoms with Crippen LogP contribution in [0.3, 0.4) is 0 Å². The van der Waals surface area contributed by atoms with Gasteiger partial charge in [-0.3, -0.25) is 19.5 Å². The normalized spacial score (nSPS) is 14.5. The van der Waals surface area contributed by atoms with Crippen molar-refractivity contribution in [3.05, 3.63) is 64.7 Å². The molecule has 5 nitrogen and oxygen atoms in total. The molecule has 4 rings (SSSR count). The minimum atomic E-state index is 0.915. The summed E-state index contributed by atoms with van der Waals surface area (Å²) >= 11 is 0. The SMILES string of the molecule is Cc1ccc(CN2CCn3nc(-c4ncccc4C)c(C)c3C2)cn1. The van der Waals surface area contributed by atoms with Gasteiger partial charge in [0.2, 0.25) is 0 Å². The van der Waals surface area contributed by atoms with Crippen molar-refractivity contribution in [2.45, 2.75) is 40.4 Å². The number of nitrogens with zero attached hydrogens (tertiary/aromatic N) is 5. The van der Waals surface area contributed by atoms with E-state index in [1.807, 2.05) is 25.4 Å². The van der Waals surface area contributed by atoms with Crippen LogP contribution < -0.4 is 0 Å². The molecule has 0 saturated heterocycles. The first-order valence-electron chi connectivity index (χ1n) is 8.74. The summed E-state index contributed by atoms with van der Waals surface area (Å²) in [5.74, 6) is 0. The van der Waals surface area contributed by atoms with Gasteiger partial charge in [0.15, 0.2) is 0 Å². The summed E-state index contributed by atoms with van der Waals surface area (Å²) in [6.07, 6.45) is 3.83. The monoisotopic (exact) mass is 333 g/mol. The van der Waals surface area contributed by atoms with E-state index in [1.54, 1.807) is 0 Å². The van der Waals surface area contributed by atoms with Crippen LogP contribution in [0.1, 0.15) is 28.1 Å². The Hall–Kier alpha value is -2.53. The summed E-state index contributed by atoms with van der Waals surface area (Å²) < 4.78 is 2.16. The topological polar surface area (TPSA) is 46.8 Å². The highest BCUT2D eigenvalue weighted by molar-refractivity contribution is 5.63. The Morgan fingerprint density at radius 2 is 1.88 bits per heavy atom. The highest BCUT2D eigenvalue weighted by Gasteiger charge is 2.23. The molecule has 5 heteroatoms. The average Bonchev–Trinajstić information content (AvgIpc) is 2.94. The molecule has 0 atom stereocenters. The highest BCUT2D eigenvalue weighted by Crippen LogP contribution is 2.28. The third-order valence-electron chi connectivity index (χ3n) is 4.93. The van der Waals surface area contributed by atoms with Crippen molar-refractivity contribution in [3.63, 3.8) is 0 Å². The molecule has 0 amide bonds. The van der Waals surface area contributed by atoms with E-state index in [4.69, 9.17) is 5.10 Å². The van der Waals surface area contributed by atoms with E-state index in [1.165, 1.54) is 22.4 Å². The maximum Gasteiger partial charge on any atom is 0.114 e. The number of rotatable bonds is 3. The number of aryl methyl sites for hydroxylation is 2. The fraction of sp³-hybridized carbons (Fsp3) is 0.350.